The van der Waals surface area contributed by atoms with Crippen LogP contribution in [0.1, 0.15) is 35.3 Å². The average molecular weight is 368 g/mol. The summed E-state index contributed by atoms with van der Waals surface area (Å²) in [6.07, 6.45) is -0.337. The minimum Gasteiger partial charge on any atom is -0.449 e. The Bertz CT molecular complexity index is 924. The van der Waals surface area contributed by atoms with Gasteiger partial charge in [0.05, 0.1) is 4.92 Å². The van der Waals surface area contributed by atoms with Crippen LogP contribution in [0.15, 0.2) is 42.5 Å². The summed E-state index contributed by atoms with van der Waals surface area (Å²) in [7, 11) is 0. The van der Waals surface area contributed by atoms with Gasteiger partial charge in [0.1, 0.15) is 5.56 Å². The number of hydrogen-bond acceptors (Lipinski definition) is 5. The summed E-state index contributed by atoms with van der Waals surface area (Å²) in [6, 6.07) is 11.9. The highest BCUT2D eigenvalue weighted by molar-refractivity contribution is 6.02. The summed E-state index contributed by atoms with van der Waals surface area (Å²) in [6.45, 7) is 5.01. The summed E-state index contributed by atoms with van der Waals surface area (Å²) < 4.78 is 5.31. The Morgan fingerprint density at radius 3 is 2.63 bits per heavy atom. The molecular weight excluding hydrogens is 348 g/mol. The van der Waals surface area contributed by atoms with Crippen LogP contribution in [0.3, 0.4) is 0 Å². The van der Waals surface area contributed by atoms with Gasteiger partial charge >= 0.3 is 5.97 Å². The average Bonchev–Trinajstić information content (AvgIpc) is 2.96. The topological polar surface area (TPSA) is 89.7 Å². The lowest BCUT2D eigenvalue weighted by molar-refractivity contribution is -0.385. The number of para-hydroxylation sites is 1. The molecule has 0 saturated carbocycles. The molecule has 0 spiro atoms. The molecule has 0 saturated heterocycles. The van der Waals surface area contributed by atoms with E-state index < -0.39 is 17.0 Å². The lowest BCUT2D eigenvalue weighted by atomic mass is 10.1. The minimum atomic E-state index is -1.06. The number of nitrogens with zero attached hydrogens (tertiary/aromatic N) is 2. The SMILES string of the molecule is Cc1cccc([N+](=O)[O-])c1C(=O)O[C@@H](C)C(=O)N1c2ccccc2C[C@H]1C. The Kier molecular flexibility index (Phi) is 4.94. The van der Waals surface area contributed by atoms with Crippen molar-refractivity contribution in [2.45, 2.75) is 39.3 Å². The van der Waals surface area contributed by atoms with Crippen molar-refractivity contribution in [2.24, 2.45) is 0 Å². The number of anilines is 1. The van der Waals surface area contributed by atoms with Gasteiger partial charge in [0.2, 0.25) is 0 Å². The maximum Gasteiger partial charge on any atom is 0.346 e. The second kappa shape index (κ2) is 7.19. The fourth-order valence-corrected chi connectivity index (χ4v) is 3.44. The number of carbonyl (C=O) groups excluding carboxylic acids is 2. The number of amides is 1. The molecule has 2 aromatic carbocycles. The molecule has 0 aromatic heterocycles. The Labute approximate surface area is 156 Å². The predicted molar refractivity (Wildman–Crippen MR) is 99.8 cm³/mol. The first-order valence-electron chi connectivity index (χ1n) is 8.67. The minimum absolute atomic E-state index is 0.0520. The third-order valence-corrected chi connectivity index (χ3v) is 4.73. The molecule has 0 radical (unpaired) electrons. The Morgan fingerprint density at radius 1 is 1.22 bits per heavy atom. The van der Waals surface area contributed by atoms with E-state index in [2.05, 4.69) is 0 Å². The fraction of sp³-hybridized carbons (Fsp3) is 0.300. The second-order valence-electron chi connectivity index (χ2n) is 6.66. The van der Waals surface area contributed by atoms with Crippen LogP contribution in [0.5, 0.6) is 0 Å². The predicted octanol–water partition coefficient (Wildman–Crippen LogP) is 3.43. The fourth-order valence-electron chi connectivity index (χ4n) is 3.44. The number of rotatable bonds is 4. The van der Waals surface area contributed by atoms with Crippen LogP contribution >= 0.6 is 0 Å². The van der Waals surface area contributed by atoms with Gasteiger partial charge in [-0.05, 0) is 44.4 Å². The van der Waals surface area contributed by atoms with Gasteiger partial charge in [-0.3, -0.25) is 14.9 Å². The van der Waals surface area contributed by atoms with Crippen LogP contribution in [-0.2, 0) is 16.0 Å². The van der Waals surface area contributed by atoms with Crippen LogP contribution in [-0.4, -0.2) is 28.9 Å². The van der Waals surface area contributed by atoms with Crippen molar-refractivity contribution in [1.29, 1.82) is 0 Å². The van der Waals surface area contributed by atoms with E-state index >= 15 is 0 Å². The number of fused-ring (bicyclic) bond motifs is 1. The molecule has 1 heterocycles. The van der Waals surface area contributed by atoms with Crippen molar-refractivity contribution < 1.29 is 19.2 Å². The van der Waals surface area contributed by atoms with Gasteiger partial charge < -0.3 is 9.64 Å². The van der Waals surface area contributed by atoms with Crippen molar-refractivity contribution in [3.05, 3.63) is 69.3 Å². The molecule has 0 fully saturated rings. The zero-order valence-corrected chi connectivity index (χ0v) is 15.3. The van der Waals surface area contributed by atoms with Gasteiger partial charge in [0, 0.05) is 17.8 Å². The van der Waals surface area contributed by atoms with Crippen molar-refractivity contribution in [3.63, 3.8) is 0 Å². The van der Waals surface area contributed by atoms with Crippen LogP contribution < -0.4 is 4.90 Å². The molecule has 1 amide bonds. The van der Waals surface area contributed by atoms with Gasteiger partial charge in [-0.2, -0.15) is 0 Å². The molecule has 2 atom stereocenters. The largest absolute Gasteiger partial charge is 0.449 e. The molecule has 1 aliphatic rings. The van der Waals surface area contributed by atoms with Crippen LogP contribution in [0.2, 0.25) is 0 Å². The van der Waals surface area contributed by atoms with Crippen molar-refractivity contribution >= 4 is 23.3 Å². The van der Waals surface area contributed by atoms with E-state index in [9.17, 15) is 19.7 Å². The molecule has 0 unspecified atom stereocenters. The van der Waals surface area contributed by atoms with Crippen molar-refractivity contribution in [3.8, 4) is 0 Å². The molecule has 2 aromatic rings. The lowest BCUT2D eigenvalue weighted by Gasteiger charge is -2.26. The first-order chi connectivity index (χ1) is 12.8. The third-order valence-electron chi connectivity index (χ3n) is 4.73. The van der Waals surface area contributed by atoms with Gasteiger partial charge in [-0.25, -0.2) is 4.79 Å². The number of benzene rings is 2. The maximum atomic E-state index is 12.9. The van der Waals surface area contributed by atoms with Gasteiger partial charge in [0.25, 0.3) is 11.6 Å². The van der Waals surface area contributed by atoms with Gasteiger partial charge in [-0.1, -0.05) is 30.3 Å². The molecule has 0 bridgehead atoms. The van der Waals surface area contributed by atoms with E-state index in [1.165, 1.54) is 19.1 Å². The van der Waals surface area contributed by atoms with Crippen LogP contribution in [0.25, 0.3) is 0 Å². The number of esters is 1. The number of nitro benzene ring substituents is 1. The summed E-state index contributed by atoms with van der Waals surface area (Å²) in [4.78, 5) is 37.7. The first kappa shape index (κ1) is 18.6. The van der Waals surface area contributed by atoms with E-state index in [-0.39, 0.29) is 23.2 Å². The highest BCUT2D eigenvalue weighted by Crippen LogP contribution is 2.32. The van der Waals surface area contributed by atoms with Gasteiger partial charge in [-0.15, -0.1) is 0 Å². The first-order valence-corrected chi connectivity index (χ1v) is 8.67. The Hall–Kier alpha value is -3.22. The molecule has 0 N–H and O–H groups in total. The number of aryl methyl sites for hydroxylation is 1. The second-order valence-corrected chi connectivity index (χ2v) is 6.66. The molecule has 0 aliphatic carbocycles. The highest BCUT2D eigenvalue weighted by Gasteiger charge is 2.35. The van der Waals surface area contributed by atoms with E-state index in [1.807, 2.05) is 31.2 Å². The van der Waals surface area contributed by atoms with Crippen LogP contribution in [0, 0.1) is 17.0 Å². The molecule has 1 aliphatic heterocycles. The molecule has 27 heavy (non-hydrogen) atoms. The normalized spacial score (nSPS) is 16.6. The Morgan fingerprint density at radius 2 is 1.93 bits per heavy atom. The Balaban J connectivity index is 1.82. The summed E-state index contributed by atoms with van der Waals surface area (Å²) in [5, 5.41) is 11.2. The monoisotopic (exact) mass is 368 g/mol. The smallest absolute Gasteiger partial charge is 0.346 e. The van der Waals surface area contributed by atoms with E-state index in [0.717, 1.165) is 17.7 Å². The molecule has 7 heteroatoms. The number of ether oxygens (including phenoxy) is 1. The van der Waals surface area contributed by atoms with E-state index in [1.54, 1.807) is 17.9 Å². The van der Waals surface area contributed by atoms with Crippen LogP contribution in [0.4, 0.5) is 11.4 Å². The van der Waals surface area contributed by atoms with Crippen molar-refractivity contribution in [1.82, 2.24) is 0 Å². The lowest BCUT2D eigenvalue weighted by Crippen LogP contribution is -2.43. The number of hydrogen-bond donors (Lipinski definition) is 0. The molecule has 7 nitrogen and oxygen atoms in total. The van der Waals surface area contributed by atoms with Crippen molar-refractivity contribution in [2.75, 3.05) is 4.90 Å². The molecule has 140 valence electrons. The van der Waals surface area contributed by atoms with E-state index in [4.69, 9.17) is 4.74 Å². The summed E-state index contributed by atoms with van der Waals surface area (Å²) in [5.41, 5.74) is 1.83. The third kappa shape index (κ3) is 3.40. The highest BCUT2D eigenvalue weighted by atomic mass is 16.6. The summed E-state index contributed by atoms with van der Waals surface area (Å²) in [5.74, 6) is -1.22. The van der Waals surface area contributed by atoms with Gasteiger partial charge in [0.15, 0.2) is 6.10 Å². The maximum absolute atomic E-state index is 12.9. The standard InChI is InChI=1S/C20H20N2O5/c1-12-7-6-10-17(22(25)26)18(12)20(24)27-14(3)19(23)21-13(2)11-15-8-4-5-9-16(15)21/h4-10,13-14H,11H2,1-3H3/t13-,14+/m1/s1. The van der Waals surface area contributed by atoms with E-state index in [0.29, 0.717) is 5.56 Å². The zero-order chi connectivity index (χ0) is 19.7. The quantitative estimate of drug-likeness (QED) is 0.468. The number of nitro groups is 1. The molecular formula is C20H20N2O5. The summed E-state index contributed by atoms with van der Waals surface area (Å²) >= 11 is 0. The molecule has 3 rings (SSSR count). The zero-order valence-electron chi connectivity index (χ0n) is 15.3. The number of carbonyl (C=O) groups is 2.